The first-order valence-electron chi connectivity index (χ1n) is 6.32. The van der Waals surface area contributed by atoms with Gasteiger partial charge in [0.25, 0.3) is 0 Å². The van der Waals surface area contributed by atoms with Crippen molar-refractivity contribution in [3.8, 4) is 5.69 Å². The summed E-state index contributed by atoms with van der Waals surface area (Å²) in [5.41, 5.74) is 2.14. The van der Waals surface area contributed by atoms with Gasteiger partial charge in [0, 0.05) is 4.47 Å². The van der Waals surface area contributed by atoms with Crippen LogP contribution in [0.4, 0.5) is 0 Å². The van der Waals surface area contributed by atoms with Gasteiger partial charge in [-0.2, -0.15) is 4.68 Å². The van der Waals surface area contributed by atoms with Gasteiger partial charge in [-0.25, -0.2) is 0 Å². The Hall–Kier alpha value is -1.27. The van der Waals surface area contributed by atoms with Crippen molar-refractivity contribution in [1.82, 2.24) is 25.5 Å². The van der Waals surface area contributed by atoms with Crippen molar-refractivity contribution in [2.75, 3.05) is 6.54 Å². The van der Waals surface area contributed by atoms with E-state index in [1.54, 1.807) is 4.68 Å². The van der Waals surface area contributed by atoms with Crippen molar-refractivity contribution in [3.05, 3.63) is 34.1 Å². The number of nitrogens with zero attached hydrogens (tertiary/aromatic N) is 4. The molecule has 0 amide bonds. The van der Waals surface area contributed by atoms with Crippen molar-refractivity contribution >= 4 is 15.9 Å². The van der Waals surface area contributed by atoms with Gasteiger partial charge in [0.05, 0.1) is 12.2 Å². The van der Waals surface area contributed by atoms with E-state index in [0.29, 0.717) is 12.5 Å². The van der Waals surface area contributed by atoms with Gasteiger partial charge in [-0.15, -0.1) is 5.10 Å². The largest absolute Gasteiger partial charge is 0.310 e. The predicted octanol–water partition coefficient (Wildman–Crippen LogP) is 2.48. The maximum absolute atomic E-state index is 4.08. The summed E-state index contributed by atoms with van der Waals surface area (Å²) in [6.07, 6.45) is 0. The minimum atomic E-state index is 0.610. The molecule has 6 heteroatoms. The lowest BCUT2D eigenvalue weighted by Gasteiger charge is -2.10. The third-order valence-corrected chi connectivity index (χ3v) is 3.25. The molecule has 0 atom stereocenters. The molecular weight excluding hydrogens is 306 g/mol. The molecule has 0 spiro atoms. The molecule has 1 aromatic heterocycles. The fraction of sp³-hybridized carbons (Fsp3) is 0.462. The minimum absolute atomic E-state index is 0.610. The van der Waals surface area contributed by atoms with Gasteiger partial charge in [-0.3, -0.25) is 0 Å². The molecule has 19 heavy (non-hydrogen) atoms. The highest BCUT2D eigenvalue weighted by Gasteiger charge is 2.10. The summed E-state index contributed by atoms with van der Waals surface area (Å²) >= 11 is 3.46. The van der Waals surface area contributed by atoms with Gasteiger partial charge in [0.15, 0.2) is 5.82 Å². The number of aromatic nitrogens is 4. The Balaban J connectivity index is 2.19. The molecule has 0 aliphatic heterocycles. The third-order valence-electron chi connectivity index (χ3n) is 2.76. The molecule has 0 aliphatic carbocycles. The van der Waals surface area contributed by atoms with Crippen LogP contribution in [0.5, 0.6) is 0 Å². The molecule has 1 N–H and O–H groups in total. The molecule has 0 radical (unpaired) electrons. The smallest absolute Gasteiger partial charge is 0.170 e. The van der Waals surface area contributed by atoms with Crippen LogP contribution in [0.1, 0.15) is 25.2 Å². The predicted molar refractivity (Wildman–Crippen MR) is 78.1 cm³/mol. The molecule has 0 fully saturated rings. The summed E-state index contributed by atoms with van der Waals surface area (Å²) in [7, 11) is 0. The highest BCUT2D eigenvalue weighted by Crippen LogP contribution is 2.19. The maximum atomic E-state index is 4.08. The molecule has 0 saturated heterocycles. The number of aryl methyl sites for hydroxylation is 1. The normalized spacial score (nSPS) is 11.2. The molecule has 0 bridgehead atoms. The van der Waals surface area contributed by atoms with E-state index in [2.05, 4.69) is 56.7 Å². The van der Waals surface area contributed by atoms with Crippen molar-refractivity contribution in [1.29, 1.82) is 0 Å². The summed E-state index contributed by atoms with van der Waals surface area (Å²) in [5, 5.41) is 15.3. The van der Waals surface area contributed by atoms with Crippen LogP contribution in [0.15, 0.2) is 22.7 Å². The van der Waals surface area contributed by atoms with Crippen LogP contribution in [0.25, 0.3) is 5.69 Å². The van der Waals surface area contributed by atoms with Gasteiger partial charge in [-0.1, -0.05) is 29.8 Å². The first-order chi connectivity index (χ1) is 9.08. The fourth-order valence-corrected chi connectivity index (χ4v) is 2.31. The van der Waals surface area contributed by atoms with Crippen LogP contribution >= 0.6 is 15.9 Å². The number of tetrazole rings is 1. The molecule has 0 unspecified atom stereocenters. The Morgan fingerprint density at radius 3 is 2.84 bits per heavy atom. The molecule has 1 heterocycles. The van der Waals surface area contributed by atoms with Crippen LogP contribution < -0.4 is 5.32 Å². The van der Waals surface area contributed by atoms with Gasteiger partial charge in [-0.05, 0) is 53.6 Å². The van der Waals surface area contributed by atoms with E-state index in [-0.39, 0.29) is 0 Å². The van der Waals surface area contributed by atoms with Gasteiger partial charge >= 0.3 is 0 Å². The summed E-state index contributed by atoms with van der Waals surface area (Å²) in [5.74, 6) is 1.44. The van der Waals surface area contributed by atoms with Gasteiger partial charge < -0.3 is 5.32 Å². The van der Waals surface area contributed by atoms with Crippen molar-refractivity contribution < 1.29 is 0 Å². The highest BCUT2D eigenvalue weighted by atomic mass is 79.9. The van der Waals surface area contributed by atoms with E-state index < -0.39 is 0 Å². The van der Waals surface area contributed by atoms with Crippen LogP contribution in [0.3, 0.4) is 0 Å². The van der Waals surface area contributed by atoms with Crippen LogP contribution in [0, 0.1) is 12.8 Å². The Morgan fingerprint density at radius 2 is 2.16 bits per heavy atom. The van der Waals surface area contributed by atoms with Gasteiger partial charge in [0.1, 0.15) is 0 Å². The summed E-state index contributed by atoms with van der Waals surface area (Å²) in [6.45, 7) is 8.02. The number of hydrogen-bond donors (Lipinski definition) is 1. The number of rotatable bonds is 5. The number of hydrogen-bond acceptors (Lipinski definition) is 4. The average molecular weight is 324 g/mol. The van der Waals surface area contributed by atoms with Crippen LogP contribution in [-0.2, 0) is 6.54 Å². The van der Waals surface area contributed by atoms with E-state index in [0.717, 1.165) is 28.1 Å². The topological polar surface area (TPSA) is 55.6 Å². The fourth-order valence-electron chi connectivity index (χ4n) is 1.83. The van der Waals surface area contributed by atoms with Crippen LogP contribution in [0.2, 0.25) is 0 Å². The van der Waals surface area contributed by atoms with E-state index in [9.17, 15) is 0 Å². The van der Waals surface area contributed by atoms with E-state index >= 15 is 0 Å². The second kappa shape index (κ2) is 6.25. The standard InChI is InChI=1S/C13H18BrN5/c1-9(2)7-15-8-13-16-17-18-19(13)12-5-4-11(14)6-10(12)3/h4-6,9,15H,7-8H2,1-3H3. The highest BCUT2D eigenvalue weighted by molar-refractivity contribution is 9.10. The van der Waals surface area contributed by atoms with E-state index in [1.165, 1.54) is 0 Å². The Bertz CT molecular complexity index is 550. The number of halogens is 1. The molecule has 5 nitrogen and oxygen atoms in total. The third kappa shape index (κ3) is 3.61. The lowest BCUT2D eigenvalue weighted by molar-refractivity contribution is 0.537. The summed E-state index contributed by atoms with van der Waals surface area (Å²) in [6, 6.07) is 6.07. The minimum Gasteiger partial charge on any atom is -0.310 e. The first-order valence-corrected chi connectivity index (χ1v) is 7.11. The molecule has 0 aliphatic rings. The Kier molecular flexibility index (Phi) is 4.66. The second-order valence-corrected chi connectivity index (χ2v) is 5.88. The summed E-state index contributed by atoms with van der Waals surface area (Å²) < 4.78 is 2.84. The van der Waals surface area contributed by atoms with E-state index in [4.69, 9.17) is 0 Å². The first kappa shape index (κ1) is 14.1. The van der Waals surface area contributed by atoms with Gasteiger partial charge in [0.2, 0.25) is 0 Å². The summed E-state index contributed by atoms with van der Waals surface area (Å²) in [4.78, 5) is 0. The zero-order valence-electron chi connectivity index (χ0n) is 11.4. The molecule has 1 aromatic carbocycles. The molecule has 0 saturated carbocycles. The van der Waals surface area contributed by atoms with E-state index in [1.807, 2.05) is 19.1 Å². The molecular formula is C13H18BrN5. The average Bonchev–Trinajstić information content (AvgIpc) is 2.77. The quantitative estimate of drug-likeness (QED) is 0.918. The number of benzene rings is 1. The second-order valence-electron chi connectivity index (χ2n) is 4.96. The SMILES string of the molecule is Cc1cc(Br)ccc1-n1nnnc1CNCC(C)C. The number of nitrogens with one attached hydrogen (secondary N) is 1. The maximum Gasteiger partial charge on any atom is 0.170 e. The Morgan fingerprint density at radius 1 is 1.37 bits per heavy atom. The Labute approximate surface area is 121 Å². The zero-order valence-corrected chi connectivity index (χ0v) is 13.0. The lowest BCUT2D eigenvalue weighted by atomic mass is 10.2. The van der Waals surface area contributed by atoms with Crippen molar-refractivity contribution in [3.63, 3.8) is 0 Å². The van der Waals surface area contributed by atoms with Crippen molar-refractivity contribution in [2.45, 2.75) is 27.3 Å². The molecule has 2 aromatic rings. The van der Waals surface area contributed by atoms with Crippen molar-refractivity contribution in [2.24, 2.45) is 5.92 Å². The van der Waals surface area contributed by atoms with Crippen LogP contribution in [-0.4, -0.2) is 26.8 Å². The monoisotopic (exact) mass is 323 g/mol. The lowest BCUT2D eigenvalue weighted by Crippen LogP contribution is -2.21. The molecule has 102 valence electrons. The molecule has 2 rings (SSSR count). The zero-order chi connectivity index (χ0) is 13.8.